The van der Waals surface area contributed by atoms with Gasteiger partial charge in [-0.3, -0.25) is 23.8 Å². The second-order valence-electron chi connectivity index (χ2n) is 6.82. The summed E-state index contributed by atoms with van der Waals surface area (Å²) < 4.78 is 53.1. The molecule has 1 unspecified atom stereocenters. The molecule has 0 aromatic heterocycles. The maximum Gasteiger partial charge on any atom is 0.262 e. The van der Waals surface area contributed by atoms with Gasteiger partial charge in [-0.15, -0.1) is 0 Å². The molecule has 1 fully saturated rings. The first-order valence-electron chi connectivity index (χ1n) is 9.41. The molecule has 1 aliphatic heterocycles. The van der Waals surface area contributed by atoms with Gasteiger partial charge in [0.15, 0.2) is 0 Å². The van der Waals surface area contributed by atoms with E-state index in [1.165, 1.54) is 4.31 Å². The molecule has 170 valence electrons. The maximum atomic E-state index is 12.3. The zero-order valence-corrected chi connectivity index (χ0v) is 18.6. The minimum absolute atomic E-state index is 0.180. The lowest BCUT2D eigenvalue weighted by atomic mass is 10.2. The molecular weight excluding hydrogens is 436 g/mol. The highest BCUT2D eigenvalue weighted by Crippen LogP contribution is 2.22. The summed E-state index contributed by atoms with van der Waals surface area (Å²) in [6.07, 6.45) is 1.96. The number of piperazine rings is 1. The van der Waals surface area contributed by atoms with Gasteiger partial charge >= 0.3 is 0 Å². The Balaban J connectivity index is 2.16. The fourth-order valence-electron chi connectivity index (χ4n) is 3.13. The molecule has 1 aliphatic rings. The van der Waals surface area contributed by atoms with Gasteiger partial charge in [0.2, 0.25) is 10.0 Å². The maximum absolute atomic E-state index is 12.3. The standard InChI is InChI=1S/C17H28N4O7S2/c1-3-12-28-15-6-4-14(5-7-15)21(29(24)25)13-16(17(22)18-23)19-8-10-20(11-9-19)30(2,26)27/h4-7,16,23H,3,8-13H2,1-2H3,(H,18,22)(H,24,25)/t16-/m0/s1. The molecule has 0 spiro atoms. The molecule has 1 amide bonds. The zero-order valence-electron chi connectivity index (χ0n) is 16.9. The highest BCUT2D eigenvalue weighted by Gasteiger charge is 2.34. The average molecular weight is 465 g/mol. The number of ether oxygens (including phenoxy) is 1. The molecule has 3 N–H and O–H groups in total. The van der Waals surface area contributed by atoms with E-state index in [0.29, 0.717) is 18.0 Å². The third kappa shape index (κ3) is 6.62. The van der Waals surface area contributed by atoms with E-state index in [-0.39, 0.29) is 32.7 Å². The molecule has 1 saturated heterocycles. The smallest absolute Gasteiger partial charge is 0.262 e. The van der Waals surface area contributed by atoms with Crippen molar-refractivity contribution in [3.8, 4) is 5.75 Å². The molecule has 11 nitrogen and oxygen atoms in total. The molecular formula is C17H28N4O7S2. The van der Waals surface area contributed by atoms with Gasteiger partial charge in [-0.25, -0.2) is 18.1 Å². The van der Waals surface area contributed by atoms with Crippen molar-refractivity contribution in [1.29, 1.82) is 0 Å². The second kappa shape index (κ2) is 11.0. The summed E-state index contributed by atoms with van der Waals surface area (Å²) in [5.41, 5.74) is 1.99. The third-order valence-electron chi connectivity index (χ3n) is 4.72. The quantitative estimate of drug-likeness (QED) is 0.247. The van der Waals surface area contributed by atoms with Crippen LogP contribution in [0.4, 0.5) is 5.69 Å². The Morgan fingerprint density at radius 3 is 2.33 bits per heavy atom. The number of nitrogens with zero attached hydrogens (tertiary/aromatic N) is 3. The van der Waals surface area contributed by atoms with Gasteiger partial charge < -0.3 is 4.74 Å². The largest absolute Gasteiger partial charge is 0.494 e. The summed E-state index contributed by atoms with van der Waals surface area (Å²) in [6.45, 7) is 3.17. The Morgan fingerprint density at radius 1 is 1.27 bits per heavy atom. The first-order valence-corrected chi connectivity index (χ1v) is 12.3. The highest BCUT2D eigenvalue weighted by molar-refractivity contribution is 7.88. The summed E-state index contributed by atoms with van der Waals surface area (Å²) in [5, 5.41) is 9.15. The van der Waals surface area contributed by atoms with E-state index in [4.69, 9.17) is 9.94 Å². The molecule has 0 saturated carbocycles. The van der Waals surface area contributed by atoms with E-state index in [0.717, 1.165) is 17.0 Å². The van der Waals surface area contributed by atoms with E-state index in [1.807, 2.05) is 6.92 Å². The van der Waals surface area contributed by atoms with Gasteiger partial charge in [-0.05, 0) is 30.7 Å². The fraction of sp³-hybridized carbons (Fsp3) is 0.588. The van der Waals surface area contributed by atoms with Crippen molar-refractivity contribution >= 4 is 32.9 Å². The van der Waals surface area contributed by atoms with Gasteiger partial charge in [-0.1, -0.05) is 6.92 Å². The molecule has 13 heteroatoms. The second-order valence-corrected chi connectivity index (χ2v) is 9.71. The van der Waals surface area contributed by atoms with Crippen LogP contribution >= 0.6 is 0 Å². The number of sulfonamides is 1. The number of amides is 1. The lowest BCUT2D eigenvalue weighted by Gasteiger charge is -2.38. The van der Waals surface area contributed by atoms with E-state index >= 15 is 0 Å². The molecule has 0 bridgehead atoms. The first-order chi connectivity index (χ1) is 14.2. The zero-order chi connectivity index (χ0) is 22.3. The summed E-state index contributed by atoms with van der Waals surface area (Å²) >= 11 is -2.43. The van der Waals surface area contributed by atoms with Gasteiger partial charge in [0, 0.05) is 26.2 Å². The van der Waals surface area contributed by atoms with Crippen molar-refractivity contribution in [2.45, 2.75) is 19.4 Å². The Labute approximate surface area is 179 Å². The van der Waals surface area contributed by atoms with Gasteiger partial charge in [0.1, 0.15) is 11.8 Å². The number of benzene rings is 1. The fourth-order valence-corrected chi connectivity index (χ4v) is 4.53. The van der Waals surface area contributed by atoms with E-state index in [1.54, 1.807) is 34.6 Å². The summed E-state index contributed by atoms with van der Waals surface area (Å²) in [7, 11) is -3.35. The van der Waals surface area contributed by atoms with Crippen LogP contribution in [0.2, 0.25) is 0 Å². The van der Waals surface area contributed by atoms with Gasteiger partial charge in [-0.2, -0.15) is 4.31 Å². The van der Waals surface area contributed by atoms with Crippen molar-refractivity contribution < 1.29 is 31.9 Å². The normalized spacial score (nSPS) is 17.9. The Morgan fingerprint density at radius 2 is 1.87 bits per heavy atom. The number of carbonyl (C=O) groups is 1. The van der Waals surface area contributed by atoms with Gasteiger partial charge in [0.05, 0.1) is 25.1 Å². The van der Waals surface area contributed by atoms with E-state index < -0.39 is 33.2 Å². The third-order valence-corrected chi connectivity index (χ3v) is 6.76. The predicted octanol–water partition coefficient (Wildman–Crippen LogP) is -0.130. The molecule has 1 heterocycles. The first kappa shape index (κ1) is 24.5. The Kier molecular flexibility index (Phi) is 9.00. The molecule has 1 aromatic carbocycles. The van der Waals surface area contributed by atoms with E-state index in [9.17, 15) is 22.0 Å². The number of rotatable bonds is 10. The monoisotopic (exact) mass is 464 g/mol. The summed E-state index contributed by atoms with van der Waals surface area (Å²) in [6, 6.07) is 5.57. The van der Waals surface area contributed by atoms with Crippen molar-refractivity contribution in [2.75, 3.05) is 49.9 Å². The van der Waals surface area contributed by atoms with Crippen LogP contribution in [-0.2, 0) is 26.1 Å². The lowest BCUT2D eigenvalue weighted by molar-refractivity contribution is -0.134. The van der Waals surface area contributed by atoms with Crippen LogP contribution in [0.15, 0.2) is 24.3 Å². The van der Waals surface area contributed by atoms with Gasteiger partial charge in [0.25, 0.3) is 17.2 Å². The predicted molar refractivity (Wildman–Crippen MR) is 112 cm³/mol. The van der Waals surface area contributed by atoms with Crippen molar-refractivity contribution in [1.82, 2.24) is 14.7 Å². The SMILES string of the molecule is CCCOc1ccc(N(C[C@@H](C(=O)NO)N2CCN(S(C)(=O)=O)CC2)S(=O)O)cc1. The number of hydroxylamine groups is 1. The van der Waals surface area contributed by atoms with Crippen LogP contribution < -0.4 is 14.5 Å². The van der Waals surface area contributed by atoms with Crippen molar-refractivity contribution in [2.24, 2.45) is 0 Å². The Hall–Kier alpha value is -1.77. The van der Waals surface area contributed by atoms with Crippen molar-refractivity contribution in [3.05, 3.63) is 24.3 Å². The number of carbonyl (C=O) groups excluding carboxylic acids is 1. The molecule has 1 aromatic rings. The highest BCUT2D eigenvalue weighted by atomic mass is 32.2. The number of anilines is 1. The van der Waals surface area contributed by atoms with Crippen LogP contribution in [0.3, 0.4) is 0 Å². The topological polar surface area (TPSA) is 140 Å². The van der Waals surface area contributed by atoms with Crippen LogP contribution in [-0.4, -0.2) is 89.1 Å². The van der Waals surface area contributed by atoms with Crippen molar-refractivity contribution in [3.63, 3.8) is 0 Å². The number of hydrogen-bond donors (Lipinski definition) is 3. The molecule has 2 atom stereocenters. The van der Waals surface area contributed by atoms with Crippen LogP contribution in [0, 0.1) is 0 Å². The number of hydrogen-bond acceptors (Lipinski definition) is 7. The Bertz CT molecular complexity index is 827. The lowest BCUT2D eigenvalue weighted by Crippen LogP contribution is -2.58. The molecule has 0 radical (unpaired) electrons. The summed E-state index contributed by atoms with van der Waals surface area (Å²) in [4.78, 5) is 14.0. The molecule has 30 heavy (non-hydrogen) atoms. The number of nitrogens with one attached hydrogen (secondary N) is 1. The molecule has 0 aliphatic carbocycles. The van der Waals surface area contributed by atoms with Crippen LogP contribution in [0.25, 0.3) is 0 Å². The average Bonchev–Trinajstić information content (AvgIpc) is 2.72. The van der Waals surface area contributed by atoms with Crippen LogP contribution in [0.5, 0.6) is 5.75 Å². The van der Waals surface area contributed by atoms with E-state index in [2.05, 4.69) is 0 Å². The molecule has 2 rings (SSSR count). The minimum Gasteiger partial charge on any atom is -0.494 e. The minimum atomic E-state index is -3.35. The summed E-state index contributed by atoms with van der Waals surface area (Å²) in [5.74, 6) is -0.132. The van der Waals surface area contributed by atoms with Crippen LogP contribution in [0.1, 0.15) is 13.3 Å².